The van der Waals surface area contributed by atoms with Crippen LogP contribution in [0.2, 0.25) is 0 Å². The summed E-state index contributed by atoms with van der Waals surface area (Å²) in [6.07, 6.45) is 9.73. The lowest BCUT2D eigenvalue weighted by atomic mass is 9.82. The molecule has 1 aromatic rings. The van der Waals surface area contributed by atoms with Gasteiger partial charge in [0.2, 0.25) is 0 Å². The molecule has 2 rings (SSSR count). The average molecular weight is 223 g/mol. The third kappa shape index (κ3) is 2.67. The Morgan fingerprint density at radius 1 is 1.67 bits per heavy atom. The summed E-state index contributed by atoms with van der Waals surface area (Å²) in [5.41, 5.74) is -0.649. The molecule has 1 N–H and O–H groups in total. The molecule has 1 heterocycles. The van der Waals surface area contributed by atoms with E-state index in [1.54, 1.807) is 17.5 Å². The molecule has 2 unspecified atom stereocenters. The van der Waals surface area contributed by atoms with Crippen LogP contribution in [0.25, 0.3) is 0 Å². The average Bonchev–Trinajstić information content (AvgIpc) is 2.71. The van der Waals surface area contributed by atoms with Gasteiger partial charge in [-0.05, 0) is 25.2 Å². The van der Waals surface area contributed by atoms with Crippen LogP contribution in [0.3, 0.4) is 0 Å². The SMILES string of the molecule is CCC1C=CC(O)(Cc2nccs2)CC1. The smallest absolute Gasteiger partial charge is 0.0956 e. The molecular formula is C12H17NOS. The molecule has 0 aliphatic heterocycles. The highest BCUT2D eigenvalue weighted by molar-refractivity contribution is 7.09. The van der Waals surface area contributed by atoms with Gasteiger partial charge in [-0.3, -0.25) is 0 Å². The summed E-state index contributed by atoms with van der Waals surface area (Å²) in [4.78, 5) is 4.22. The second-order valence-electron chi connectivity index (χ2n) is 4.27. The van der Waals surface area contributed by atoms with E-state index in [4.69, 9.17) is 0 Å². The second-order valence-corrected chi connectivity index (χ2v) is 5.25. The zero-order chi connectivity index (χ0) is 10.7. The van der Waals surface area contributed by atoms with Crippen molar-refractivity contribution >= 4 is 11.3 Å². The molecule has 0 aromatic carbocycles. The van der Waals surface area contributed by atoms with Gasteiger partial charge in [0.1, 0.15) is 0 Å². The second kappa shape index (κ2) is 4.45. The Bertz CT molecular complexity index is 333. The van der Waals surface area contributed by atoms with Gasteiger partial charge >= 0.3 is 0 Å². The van der Waals surface area contributed by atoms with E-state index in [2.05, 4.69) is 18.0 Å². The molecule has 1 aromatic heterocycles. The fraction of sp³-hybridized carbons (Fsp3) is 0.583. The van der Waals surface area contributed by atoms with Gasteiger partial charge in [-0.1, -0.05) is 19.1 Å². The van der Waals surface area contributed by atoms with Crippen molar-refractivity contribution in [3.63, 3.8) is 0 Å². The van der Waals surface area contributed by atoms with E-state index in [-0.39, 0.29) is 0 Å². The Balaban J connectivity index is 2.03. The lowest BCUT2D eigenvalue weighted by molar-refractivity contribution is 0.0687. The van der Waals surface area contributed by atoms with E-state index in [1.807, 2.05) is 11.5 Å². The number of hydrogen-bond donors (Lipinski definition) is 1. The van der Waals surface area contributed by atoms with Gasteiger partial charge in [0.15, 0.2) is 0 Å². The Morgan fingerprint density at radius 3 is 3.07 bits per heavy atom. The number of nitrogens with zero attached hydrogens (tertiary/aromatic N) is 1. The van der Waals surface area contributed by atoms with Crippen LogP contribution in [-0.2, 0) is 6.42 Å². The first-order valence-corrected chi connectivity index (χ1v) is 6.40. The van der Waals surface area contributed by atoms with Crippen LogP contribution in [0.5, 0.6) is 0 Å². The third-order valence-electron chi connectivity index (χ3n) is 3.09. The number of allylic oxidation sites excluding steroid dienone is 1. The zero-order valence-electron chi connectivity index (χ0n) is 9.02. The normalized spacial score (nSPS) is 30.7. The summed E-state index contributed by atoms with van der Waals surface area (Å²) in [5, 5.41) is 13.3. The predicted molar refractivity (Wildman–Crippen MR) is 62.9 cm³/mol. The van der Waals surface area contributed by atoms with Crippen LogP contribution < -0.4 is 0 Å². The van der Waals surface area contributed by atoms with Gasteiger partial charge in [0, 0.05) is 18.0 Å². The van der Waals surface area contributed by atoms with Crippen molar-refractivity contribution < 1.29 is 5.11 Å². The van der Waals surface area contributed by atoms with Gasteiger partial charge in [0.25, 0.3) is 0 Å². The molecule has 0 spiro atoms. The minimum absolute atomic E-state index is 0.649. The van der Waals surface area contributed by atoms with E-state index in [0.29, 0.717) is 12.3 Å². The topological polar surface area (TPSA) is 33.1 Å². The first kappa shape index (κ1) is 10.8. The van der Waals surface area contributed by atoms with Crippen molar-refractivity contribution in [2.45, 2.75) is 38.2 Å². The molecule has 0 fully saturated rings. The van der Waals surface area contributed by atoms with Crippen LogP contribution in [0.1, 0.15) is 31.2 Å². The molecule has 15 heavy (non-hydrogen) atoms. The first-order chi connectivity index (χ1) is 7.22. The van der Waals surface area contributed by atoms with E-state index < -0.39 is 5.60 Å². The lowest BCUT2D eigenvalue weighted by Gasteiger charge is -2.29. The highest BCUT2D eigenvalue weighted by atomic mass is 32.1. The maximum absolute atomic E-state index is 10.3. The van der Waals surface area contributed by atoms with Crippen LogP contribution in [0, 0.1) is 5.92 Å². The molecule has 82 valence electrons. The number of hydrogen-bond acceptors (Lipinski definition) is 3. The summed E-state index contributed by atoms with van der Waals surface area (Å²) in [7, 11) is 0. The summed E-state index contributed by atoms with van der Waals surface area (Å²) in [6.45, 7) is 2.19. The number of thiazole rings is 1. The van der Waals surface area contributed by atoms with Crippen molar-refractivity contribution in [1.82, 2.24) is 4.98 Å². The number of aromatic nitrogens is 1. The molecular weight excluding hydrogens is 206 g/mol. The van der Waals surface area contributed by atoms with Crippen LogP contribution in [0.4, 0.5) is 0 Å². The van der Waals surface area contributed by atoms with E-state index >= 15 is 0 Å². The van der Waals surface area contributed by atoms with E-state index in [1.165, 1.54) is 6.42 Å². The first-order valence-electron chi connectivity index (χ1n) is 5.52. The minimum atomic E-state index is -0.649. The summed E-state index contributed by atoms with van der Waals surface area (Å²) in [6, 6.07) is 0. The molecule has 2 nitrogen and oxygen atoms in total. The number of rotatable bonds is 3. The van der Waals surface area contributed by atoms with Crippen molar-refractivity contribution in [3.8, 4) is 0 Å². The molecule has 0 saturated carbocycles. The minimum Gasteiger partial charge on any atom is -0.385 e. The maximum atomic E-state index is 10.3. The molecule has 0 saturated heterocycles. The van der Waals surface area contributed by atoms with Gasteiger partial charge in [0.05, 0.1) is 10.6 Å². The Kier molecular flexibility index (Phi) is 3.22. The van der Waals surface area contributed by atoms with Crippen molar-refractivity contribution in [1.29, 1.82) is 0 Å². The fourth-order valence-electron chi connectivity index (χ4n) is 2.02. The largest absolute Gasteiger partial charge is 0.385 e. The number of aliphatic hydroxyl groups is 1. The van der Waals surface area contributed by atoms with Crippen LogP contribution in [-0.4, -0.2) is 15.7 Å². The monoisotopic (exact) mass is 223 g/mol. The van der Waals surface area contributed by atoms with Gasteiger partial charge in [-0.25, -0.2) is 4.98 Å². The van der Waals surface area contributed by atoms with Crippen molar-refractivity contribution in [3.05, 3.63) is 28.7 Å². The van der Waals surface area contributed by atoms with E-state index in [9.17, 15) is 5.11 Å². The molecule has 0 radical (unpaired) electrons. The Labute approximate surface area is 94.7 Å². The lowest BCUT2D eigenvalue weighted by Crippen LogP contribution is -2.32. The van der Waals surface area contributed by atoms with Gasteiger partial charge < -0.3 is 5.11 Å². The third-order valence-corrected chi connectivity index (χ3v) is 3.87. The fourth-order valence-corrected chi connectivity index (χ4v) is 2.75. The highest BCUT2D eigenvalue weighted by Gasteiger charge is 2.29. The quantitative estimate of drug-likeness (QED) is 0.799. The van der Waals surface area contributed by atoms with Crippen LogP contribution in [0.15, 0.2) is 23.7 Å². The molecule has 2 atom stereocenters. The standard InChI is InChI=1S/C12H17NOS/c1-2-10-3-5-12(14,6-4-10)9-11-13-7-8-15-11/h3,5,7-8,10,14H,2,4,6,9H2,1H3. The summed E-state index contributed by atoms with van der Waals surface area (Å²) >= 11 is 1.62. The zero-order valence-corrected chi connectivity index (χ0v) is 9.83. The van der Waals surface area contributed by atoms with Crippen LogP contribution >= 0.6 is 11.3 Å². The maximum Gasteiger partial charge on any atom is 0.0956 e. The molecule has 0 bridgehead atoms. The molecule has 3 heteroatoms. The Morgan fingerprint density at radius 2 is 2.53 bits per heavy atom. The van der Waals surface area contributed by atoms with Gasteiger partial charge in [-0.2, -0.15) is 0 Å². The van der Waals surface area contributed by atoms with Crippen molar-refractivity contribution in [2.75, 3.05) is 0 Å². The highest BCUT2D eigenvalue weighted by Crippen LogP contribution is 2.30. The molecule has 1 aliphatic carbocycles. The predicted octanol–water partition coefficient (Wildman–Crippen LogP) is 2.79. The van der Waals surface area contributed by atoms with Gasteiger partial charge in [-0.15, -0.1) is 11.3 Å². The molecule has 0 amide bonds. The Hall–Kier alpha value is -0.670. The van der Waals surface area contributed by atoms with E-state index in [0.717, 1.165) is 17.8 Å². The summed E-state index contributed by atoms with van der Waals surface area (Å²) < 4.78 is 0. The van der Waals surface area contributed by atoms with Crippen molar-refractivity contribution in [2.24, 2.45) is 5.92 Å². The molecule has 1 aliphatic rings. The summed E-state index contributed by atoms with van der Waals surface area (Å²) in [5.74, 6) is 0.654.